The van der Waals surface area contributed by atoms with Crippen LogP contribution in [0, 0.1) is 17.5 Å². The van der Waals surface area contributed by atoms with Crippen LogP contribution in [0.1, 0.15) is 29.1 Å². The summed E-state index contributed by atoms with van der Waals surface area (Å²) >= 11 is 1.56. The Bertz CT molecular complexity index is 630. The second-order valence-electron chi connectivity index (χ2n) is 5.30. The van der Waals surface area contributed by atoms with Gasteiger partial charge < -0.3 is 5.32 Å². The van der Waals surface area contributed by atoms with Crippen molar-refractivity contribution < 1.29 is 18.0 Å². The maximum absolute atomic E-state index is 13.1. The first-order chi connectivity index (χ1) is 9.81. The van der Waals surface area contributed by atoms with Crippen LogP contribution in [-0.2, 0) is 5.41 Å². The first-order valence-electron chi connectivity index (χ1n) is 6.28. The molecule has 1 N–H and O–H groups in total. The van der Waals surface area contributed by atoms with Crippen LogP contribution >= 0.6 is 11.3 Å². The topological polar surface area (TPSA) is 29.1 Å². The van der Waals surface area contributed by atoms with Crippen molar-refractivity contribution in [2.45, 2.75) is 19.3 Å². The number of hydrogen-bond donors (Lipinski definition) is 1. The van der Waals surface area contributed by atoms with E-state index in [-0.39, 0.29) is 11.0 Å². The molecule has 0 unspecified atom stereocenters. The van der Waals surface area contributed by atoms with E-state index in [0.717, 1.165) is 4.88 Å². The van der Waals surface area contributed by atoms with E-state index < -0.39 is 23.4 Å². The van der Waals surface area contributed by atoms with E-state index in [9.17, 15) is 18.0 Å². The molecule has 2 aromatic rings. The van der Waals surface area contributed by atoms with Crippen LogP contribution in [0.4, 0.5) is 13.2 Å². The molecule has 112 valence electrons. The first-order valence-corrected chi connectivity index (χ1v) is 7.16. The zero-order chi connectivity index (χ0) is 15.6. The molecule has 1 heterocycles. The Labute approximate surface area is 124 Å². The summed E-state index contributed by atoms with van der Waals surface area (Å²) in [7, 11) is 0. The summed E-state index contributed by atoms with van der Waals surface area (Å²) in [4.78, 5) is 13.0. The minimum absolute atomic E-state index is 0.242. The van der Waals surface area contributed by atoms with Gasteiger partial charge >= 0.3 is 0 Å². The van der Waals surface area contributed by atoms with Crippen LogP contribution in [0.15, 0.2) is 29.6 Å². The highest BCUT2D eigenvalue weighted by molar-refractivity contribution is 7.10. The summed E-state index contributed by atoms with van der Waals surface area (Å²) in [6, 6.07) is 5.24. The highest BCUT2D eigenvalue weighted by Gasteiger charge is 2.23. The van der Waals surface area contributed by atoms with Crippen LogP contribution < -0.4 is 5.32 Å². The minimum atomic E-state index is -1.58. The molecule has 2 nitrogen and oxygen atoms in total. The molecule has 0 saturated heterocycles. The third kappa shape index (κ3) is 3.44. The zero-order valence-electron chi connectivity index (χ0n) is 11.5. The van der Waals surface area contributed by atoms with E-state index >= 15 is 0 Å². The summed E-state index contributed by atoms with van der Waals surface area (Å²) in [5, 5.41) is 4.55. The van der Waals surface area contributed by atoms with Crippen LogP contribution in [0.2, 0.25) is 0 Å². The molecule has 6 heteroatoms. The van der Waals surface area contributed by atoms with Crippen LogP contribution in [0.3, 0.4) is 0 Å². The highest BCUT2D eigenvalue weighted by Crippen LogP contribution is 2.26. The summed E-state index contributed by atoms with van der Waals surface area (Å²) in [5.41, 5.74) is -0.547. The smallest absolute Gasteiger partial charge is 0.251 e. The maximum Gasteiger partial charge on any atom is 0.251 e. The lowest BCUT2D eigenvalue weighted by Crippen LogP contribution is -2.36. The number of thiophene rings is 1. The third-order valence-electron chi connectivity index (χ3n) is 3.13. The molecule has 0 aliphatic heterocycles. The van der Waals surface area contributed by atoms with Gasteiger partial charge in [-0.25, -0.2) is 13.2 Å². The molecule has 2 rings (SSSR count). The van der Waals surface area contributed by atoms with Crippen molar-refractivity contribution in [1.29, 1.82) is 0 Å². The van der Waals surface area contributed by atoms with Crippen molar-refractivity contribution in [3.8, 4) is 0 Å². The lowest BCUT2D eigenvalue weighted by atomic mass is 9.91. The molecule has 0 radical (unpaired) electrons. The van der Waals surface area contributed by atoms with Gasteiger partial charge in [-0.1, -0.05) is 19.9 Å². The quantitative estimate of drug-likeness (QED) is 0.853. The molecule has 0 saturated carbocycles. The molecule has 21 heavy (non-hydrogen) atoms. The van der Waals surface area contributed by atoms with Gasteiger partial charge in [0.25, 0.3) is 5.91 Å². The van der Waals surface area contributed by atoms with Gasteiger partial charge in [0.1, 0.15) is 0 Å². The average molecular weight is 313 g/mol. The number of nitrogens with one attached hydrogen (secondary N) is 1. The van der Waals surface area contributed by atoms with E-state index in [2.05, 4.69) is 5.32 Å². The Morgan fingerprint density at radius 2 is 1.86 bits per heavy atom. The SMILES string of the molecule is CC(C)(CNC(=O)c1cc(F)c(F)c(F)c1)c1cccs1. The summed E-state index contributed by atoms with van der Waals surface area (Å²) < 4.78 is 39.1. The highest BCUT2D eigenvalue weighted by atomic mass is 32.1. The molecule has 0 aliphatic carbocycles. The number of halogens is 3. The van der Waals surface area contributed by atoms with E-state index in [0.29, 0.717) is 18.7 Å². The van der Waals surface area contributed by atoms with Gasteiger partial charge in [-0.05, 0) is 23.6 Å². The molecule has 0 bridgehead atoms. The Balaban J connectivity index is 2.09. The van der Waals surface area contributed by atoms with Gasteiger partial charge in [0.2, 0.25) is 0 Å². The van der Waals surface area contributed by atoms with E-state index in [1.807, 2.05) is 31.4 Å². The van der Waals surface area contributed by atoms with Crippen molar-refractivity contribution in [1.82, 2.24) is 5.32 Å². The molecule has 0 aliphatic rings. The number of carbonyl (C=O) groups is 1. The summed E-state index contributed by atoms with van der Waals surface area (Å²) in [5.74, 6) is -4.97. The first kappa shape index (κ1) is 15.6. The van der Waals surface area contributed by atoms with Gasteiger partial charge in [-0.15, -0.1) is 11.3 Å². The van der Waals surface area contributed by atoms with Crippen molar-refractivity contribution in [3.63, 3.8) is 0 Å². The average Bonchev–Trinajstić information content (AvgIpc) is 2.96. The largest absolute Gasteiger partial charge is 0.351 e. The minimum Gasteiger partial charge on any atom is -0.351 e. The fourth-order valence-electron chi connectivity index (χ4n) is 1.84. The van der Waals surface area contributed by atoms with E-state index in [1.165, 1.54) is 0 Å². The Kier molecular flexibility index (Phi) is 4.37. The fraction of sp³-hybridized carbons (Fsp3) is 0.267. The van der Waals surface area contributed by atoms with Crippen molar-refractivity contribution >= 4 is 17.2 Å². The normalized spacial score (nSPS) is 11.5. The van der Waals surface area contributed by atoms with Crippen molar-refractivity contribution in [3.05, 3.63) is 57.5 Å². The lowest BCUT2D eigenvalue weighted by molar-refractivity contribution is 0.0944. The van der Waals surface area contributed by atoms with E-state index in [1.54, 1.807) is 11.3 Å². The van der Waals surface area contributed by atoms with Crippen molar-refractivity contribution in [2.24, 2.45) is 0 Å². The number of rotatable bonds is 4. The zero-order valence-corrected chi connectivity index (χ0v) is 12.4. The van der Waals surface area contributed by atoms with Gasteiger partial charge in [-0.3, -0.25) is 4.79 Å². The van der Waals surface area contributed by atoms with Gasteiger partial charge in [0.05, 0.1) is 0 Å². The van der Waals surface area contributed by atoms with Crippen LogP contribution in [0.25, 0.3) is 0 Å². The molecule has 0 atom stereocenters. The summed E-state index contributed by atoms with van der Waals surface area (Å²) in [6.07, 6.45) is 0. The lowest BCUT2D eigenvalue weighted by Gasteiger charge is -2.23. The summed E-state index contributed by atoms with van der Waals surface area (Å²) in [6.45, 7) is 4.20. The predicted octanol–water partition coefficient (Wildman–Crippen LogP) is 3.87. The molecular weight excluding hydrogens is 299 g/mol. The molecule has 0 spiro atoms. The van der Waals surface area contributed by atoms with Crippen LogP contribution in [-0.4, -0.2) is 12.5 Å². The molecule has 1 aromatic carbocycles. The Morgan fingerprint density at radius 1 is 1.24 bits per heavy atom. The monoisotopic (exact) mass is 313 g/mol. The number of benzene rings is 1. The Hall–Kier alpha value is -1.82. The molecular formula is C15H14F3NOS. The van der Waals surface area contributed by atoms with E-state index in [4.69, 9.17) is 0 Å². The standard InChI is InChI=1S/C15H14F3NOS/c1-15(2,12-4-3-5-21-12)8-19-14(20)9-6-10(16)13(18)11(17)7-9/h3-7H,8H2,1-2H3,(H,19,20). The second kappa shape index (κ2) is 5.89. The van der Waals surface area contributed by atoms with Gasteiger partial charge in [-0.2, -0.15) is 0 Å². The number of carbonyl (C=O) groups excluding carboxylic acids is 1. The fourth-order valence-corrected chi connectivity index (χ4v) is 2.69. The maximum atomic E-state index is 13.1. The molecule has 1 amide bonds. The molecule has 1 aromatic heterocycles. The number of amides is 1. The second-order valence-corrected chi connectivity index (χ2v) is 6.25. The number of hydrogen-bond acceptors (Lipinski definition) is 2. The Morgan fingerprint density at radius 3 is 2.38 bits per heavy atom. The molecule has 0 fully saturated rings. The third-order valence-corrected chi connectivity index (χ3v) is 4.36. The van der Waals surface area contributed by atoms with Crippen LogP contribution in [0.5, 0.6) is 0 Å². The van der Waals surface area contributed by atoms with Crippen molar-refractivity contribution in [2.75, 3.05) is 6.54 Å². The van der Waals surface area contributed by atoms with Gasteiger partial charge in [0, 0.05) is 22.4 Å². The van der Waals surface area contributed by atoms with Gasteiger partial charge in [0.15, 0.2) is 17.5 Å². The predicted molar refractivity (Wildman–Crippen MR) is 76.0 cm³/mol.